The summed E-state index contributed by atoms with van der Waals surface area (Å²) in [5.41, 5.74) is 0.409. The van der Waals surface area contributed by atoms with Gasteiger partial charge in [0.2, 0.25) is 0 Å². The van der Waals surface area contributed by atoms with Crippen molar-refractivity contribution in [2.75, 3.05) is 25.4 Å². The first kappa shape index (κ1) is 13.3. The van der Waals surface area contributed by atoms with Crippen LogP contribution in [0.2, 0.25) is 0 Å². The Morgan fingerprint density at radius 1 is 1.28 bits per heavy atom. The van der Waals surface area contributed by atoms with Crippen molar-refractivity contribution in [1.29, 1.82) is 0 Å². The van der Waals surface area contributed by atoms with E-state index in [1.165, 1.54) is 57.5 Å². The first-order valence-electron chi connectivity index (χ1n) is 7.78. The predicted octanol–water partition coefficient (Wildman–Crippen LogP) is 2.73. The highest BCUT2D eigenvalue weighted by molar-refractivity contribution is 7.99. The summed E-state index contributed by atoms with van der Waals surface area (Å²) in [6.45, 7) is 8.64. The molecular formula is C15H28N2S. The van der Waals surface area contributed by atoms with Crippen LogP contribution < -0.4 is 5.32 Å². The first-order chi connectivity index (χ1) is 8.67. The molecule has 18 heavy (non-hydrogen) atoms. The van der Waals surface area contributed by atoms with Gasteiger partial charge in [-0.15, -0.1) is 0 Å². The van der Waals surface area contributed by atoms with Gasteiger partial charge >= 0.3 is 0 Å². The van der Waals surface area contributed by atoms with Gasteiger partial charge in [-0.2, -0.15) is 11.8 Å². The number of hydrogen-bond donors (Lipinski definition) is 1. The van der Waals surface area contributed by atoms with Crippen molar-refractivity contribution in [3.8, 4) is 0 Å². The Bertz CT molecular complexity index is 286. The van der Waals surface area contributed by atoms with Crippen LogP contribution in [-0.4, -0.2) is 47.1 Å². The molecule has 3 rings (SSSR count). The van der Waals surface area contributed by atoms with Gasteiger partial charge in [-0.1, -0.05) is 6.42 Å². The topological polar surface area (TPSA) is 15.3 Å². The van der Waals surface area contributed by atoms with Gasteiger partial charge in [0.1, 0.15) is 0 Å². The average Bonchev–Trinajstić information content (AvgIpc) is 3.20. The quantitative estimate of drug-likeness (QED) is 0.847. The summed E-state index contributed by atoms with van der Waals surface area (Å²) in [6.07, 6.45) is 7.24. The minimum atomic E-state index is 0.409. The van der Waals surface area contributed by atoms with E-state index in [9.17, 15) is 0 Å². The predicted molar refractivity (Wildman–Crippen MR) is 80.3 cm³/mol. The monoisotopic (exact) mass is 268 g/mol. The molecule has 0 spiro atoms. The van der Waals surface area contributed by atoms with E-state index in [-0.39, 0.29) is 0 Å². The van der Waals surface area contributed by atoms with Crippen LogP contribution in [0.1, 0.15) is 46.0 Å². The van der Waals surface area contributed by atoms with Crippen molar-refractivity contribution in [2.24, 2.45) is 5.92 Å². The van der Waals surface area contributed by atoms with Crippen LogP contribution in [0.4, 0.5) is 0 Å². The zero-order valence-corrected chi connectivity index (χ0v) is 12.8. The molecule has 0 aromatic heterocycles. The van der Waals surface area contributed by atoms with E-state index >= 15 is 0 Å². The molecule has 1 N–H and O–H groups in total. The molecule has 0 bridgehead atoms. The molecule has 2 aliphatic heterocycles. The summed E-state index contributed by atoms with van der Waals surface area (Å²) in [6, 6.07) is 0.722. The largest absolute Gasteiger partial charge is 0.308 e. The second-order valence-corrected chi connectivity index (χ2v) is 8.25. The average molecular weight is 268 g/mol. The second-order valence-electron chi connectivity index (χ2n) is 6.84. The van der Waals surface area contributed by atoms with Crippen LogP contribution in [0.25, 0.3) is 0 Å². The van der Waals surface area contributed by atoms with Gasteiger partial charge in [0.25, 0.3) is 0 Å². The third-order valence-corrected chi connectivity index (χ3v) is 6.53. The minimum absolute atomic E-state index is 0.409. The molecule has 1 aliphatic carbocycles. The maximum Gasteiger partial charge on any atom is 0.0309 e. The van der Waals surface area contributed by atoms with E-state index in [4.69, 9.17) is 0 Å². The highest BCUT2D eigenvalue weighted by atomic mass is 32.2. The van der Waals surface area contributed by atoms with Crippen LogP contribution in [-0.2, 0) is 0 Å². The normalized spacial score (nSPS) is 43.0. The fourth-order valence-electron chi connectivity index (χ4n) is 3.59. The van der Waals surface area contributed by atoms with Crippen LogP contribution >= 0.6 is 11.8 Å². The van der Waals surface area contributed by atoms with E-state index in [2.05, 4.69) is 35.8 Å². The smallest absolute Gasteiger partial charge is 0.0309 e. The van der Waals surface area contributed by atoms with Crippen molar-refractivity contribution in [3.63, 3.8) is 0 Å². The molecule has 0 aromatic rings. The van der Waals surface area contributed by atoms with Crippen molar-refractivity contribution < 1.29 is 0 Å². The molecule has 3 aliphatic rings. The SMILES string of the molecule is CC1CNC(C)(C2CC2)CN1CC1CCCCS1. The Hall–Kier alpha value is 0.270. The standard InChI is InChI=1S/C15H28N2S/c1-12-9-16-15(2,13-6-7-13)11-17(12)10-14-5-3-4-8-18-14/h12-14,16H,3-11H2,1-2H3. The zero-order chi connectivity index (χ0) is 12.6. The number of thioether (sulfide) groups is 1. The lowest BCUT2D eigenvalue weighted by atomic mass is 9.91. The summed E-state index contributed by atoms with van der Waals surface area (Å²) in [4.78, 5) is 2.78. The summed E-state index contributed by atoms with van der Waals surface area (Å²) in [5, 5.41) is 4.73. The summed E-state index contributed by atoms with van der Waals surface area (Å²) in [7, 11) is 0. The fourth-order valence-corrected chi connectivity index (χ4v) is 4.93. The van der Waals surface area contributed by atoms with Crippen LogP contribution in [0.15, 0.2) is 0 Å². The van der Waals surface area contributed by atoms with E-state index in [1.54, 1.807) is 0 Å². The Labute approximate surface area is 116 Å². The highest BCUT2D eigenvalue weighted by Crippen LogP contribution is 2.41. The molecule has 3 unspecified atom stereocenters. The molecule has 2 saturated heterocycles. The molecule has 0 radical (unpaired) electrons. The van der Waals surface area contributed by atoms with Gasteiger partial charge in [-0.05, 0) is 51.2 Å². The highest BCUT2D eigenvalue weighted by Gasteiger charge is 2.45. The lowest BCUT2D eigenvalue weighted by molar-refractivity contribution is 0.0829. The molecule has 104 valence electrons. The molecule has 3 heteroatoms. The summed E-state index contributed by atoms with van der Waals surface area (Å²) in [5.74, 6) is 2.34. The summed E-state index contributed by atoms with van der Waals surface area (Å²) >= 11 is 2.22. The van der Waals surface area contributed by atoms with Crippen LogP contribution in [0, 0.1) is 5.92 Å². The van der Waals surface area contributed by atoms with Gasteiger partial charge in [0, 0.05) is 36.5 Å². The van der Waals surface area contributed by atoms with E-state index in [0.717, 1.165) is 17.2 Å². The Balaban J connectivity index is 1.58. The molecule has 0 aromatic carbocycles. The lowest BCUT2D eigenvalue weighted by Gasteiger charge is -2.47. The molecule has 3 atom stereocenters. The maximum absolute atomic E-state index is 3.83. The van der Waals surface area contributed by atoms with Crippen LogP contribution in [0.3, 0.4) is 0 Å². The zero-order valence-electron chi connectivity index (χ0n) is 12.0. The minimum Gasteiger partial charge on any atom is -0.308 e. The first-order valence-corrected chi connectivity index (χ1v) is 8.83. The number of hydrogen-bond acceptors (Lipinski definition) is 3. The van der Waals surface area contributed by atoms with Gasteiger partial charge < -0.3 is 5.32 Å². The van der Waals surface area contributed by atoms with Gasteiger partial charge in [-0.3, -0.25) is 4.90 Å². The van der Waals surface area contributed by atoms with E-state index < -0.39 is 0 Å². The number of nitrogens with zero attached hydrogens (tertiary/aromatic N) is 1. The third kappa shape index (κ3) is 2.88. The number of rotatable bonds is 3. The summed E-state index contributed by atoms with van der Waals surface area (Å²) < 4.78 is 0. The molecule has 2 nitrogen and oxygen atoms in total. The third-order valence-electron chi connectivity index (χ3n) is 5.15. The molecule has 3 fully saturated rings. The molecular weight excluding hydrogens is 240 g/mol. The second kappa shape index (κ2) is 5.34. The Morgan fingerprint density at radius 3 is 2.78 bits per heavy atom. The Morgan fingerprint density at radius 2 is 2.11 bits per heavy atom. The lowest BCUT2D eigenvalue weighted by Crippen LogP contribution is -2.64. The number of nitrogens with one attached hydrogen (secondary N) is 1. The molecule has 0 amide bonds. The Kier molecular flexibility index (Phi) is 3.93. The van der Waals surface area contributed by atoms with Crippen molar-refractivity contribution in [1.82, 2.24) is 10.2 Å². The fraction of sp³-hybridized carbons (Fsp3) is 1.00. The van der Waals surface area contributed by atoms with Crippen molar-refractivity contribution in [3.05, 3.63) is 0 Å². The molecule has 2 heterocycles. The van der Waals surface area contributed by atoms with Crippen molar-refractivity contribution >= 4 is 11.8 Å². The number of piperazine rings is 1. The van der Waals surface area contributed by atoms with Crippen LogP contribution in [0.5, 0.6) is 0 Å². The van der Waals surface area contributed by atoms with Crippen molar-refractivity contribution in [2.45, 2.75) is 62.8 Å². The maximum atomic E-state index is 3.83. The van der Waals surface area contributed by atoms with Gasteiger partial charge in [-0.25, -0.2) is 0 Å². The van der Waals surface area contributed by atoms with Gasteiger partial charge in [0.15, 0.2) is 0 Å². The van der Waals surface area contributed by atoms with E-state index in [1.807, 2.05) is 0 Å². The molecule has 1 saturated carbocycles. The van der Waals surface area contributed by atoms with Gasteiger partial charge in [0.05, 0.1) is 0 Å². The van der Waals surface area contributed by atoms with E-state index in [0.29, 0.717) is 5.54 Å².